The smallest absolute Gasteiger partial charge is 0.257 e. The van der Waals surface area contributed by atoms with Crippen LogP contribution in [0.3, 0.4) is 0 Å². The molecule has 0 spiro atoms. The molecule has 1 aliphatic heterocycles. The number of piperazine rings is 1. The number of aryl methyl sites for hydroxylation is 2. The second-order valence-electron chi connectivity index (χ2n) is 8.90. The number of amides is 1. The fourth-order valence-corrected chi connectivity index (χ4v) is 4.73. The van der Waals surface area contributed by atoms with E-state index in [1.54, 1.807) is 23.7 Å². The van der Waals surface area contributed by atoms with E-state index in [-0.39, 0.29) is 11.6 Å². The maximum absolute atomic E-state index is 14.5. The van der Waals surface area contributed by atoms with Gasteiger partial charge in [-0.2, -0.15) is 5.10 Å². The monoisotopic (exact) mass is 449 g/mol. The Morgan fingerprint density at radius 3 is 2.70 bits per heavy atom. The van der Waals surface area contributed by atoms with Crippen molar-refractivity contribution in [2.45, 2.75) is 46.3 Å². The maximum atomic E-state index is 14.5. The Labute approximate surface area is 191 Å². The number of halogens is 1. The summed E-state index contributed by atoms with van der Waals surface area (Å²) >= 11 is 0. The molecule has 8 nitrogen and oxygen atoms in total. The van der Waals surface area contributed by atoms with E-state index in [0.29, 0.717) is 41.1 Å². The fourth-order valence-electron chi connectivity index (χ4n) is 4.73. The number of benzene rings is 1. The lowest BCUT2D eigenvalue weighted by atomic mass is 10.1. The van der Waals surface area contributed by atoms with Crippen LogP contribution in [0.25, 0.3) is 16.6 Å². The molecule has 1 aliphatic rings. The zero-order chi connectivity index (χ0) is 23.3. The molecule has 2 unspecified atom stereocenters. The van der Waals surface area contributed by atoms with E-state index in [9.17, 15) is 9.18 Å². The second-order valence-corrected chi connectivity index (χ2v) is 8.90. The van der Waals surface area contributed by atoms with Crippen molar-refractivity contribution >= 4 is 33.8 Å². The minimum atomic E-state index is -0.487. The molecule has 1 amide bonds. The molecule has 0 saturated carbocycles. The van der Waals surface area contributed by atoms with Crippen LogP contribution in [-0.2, 0) is 6.54 Å². The van der Waals surface area contributed by atoms with E-state index in [1.165, 1.54) is 6.07 Å². The molecule has 2 atom stereocenters. The van der Waals surface area contributed by atoms with Gasteiger partial charge in [0.05, 0.1) is 16.9 Å². The Bertz CT molecular complexity index is 1350. The zero-order valence-electron chi connectivity index (χ0n) is 19.3. The Balaban J connectivity index is 1.52. The van der Waals surface area contributed by atoms with Crippen LogP contribution < -0.4 is 15.5 Å². The van der Waals surface area contributed by atoms with Gasteiger partial charge in [-0.25, -0.2) is 9.37 Å². The highest BCUT2D eigenvalue weighted by Gasteiger charge is 2.25. The molecule has 0 aliphatic carbocycles. The number of anilines is 2. The normalized spacial score (nSPS) is 18.9. The summed E-state index contributed by atoms with van der Waals surface area (Å²) in [6, 6.07) is 5.83. The number of imidazole rings is 1. The van der Waals surface area contributed by atoms with Crippen LogP contribution in [0.4, 0.5) is 15.8 Å². The summed E-state index contributed by atoms with van der Waals surface area (Å²) in [5, 5.41) is 12.0. The first kappa shape index (κ1) is 21.4. The number of nitrogens with one attached hydrogen (secondary N) is 2. The van der Waals surface area contributed by atoms with Gasteiger partial charge in [0, 0.05) is 67.4 Å². The summed E-state index contributed by atoms with van der Waals surface area (Å²) in [7, 11) is 0. The topological polar surface area (TPSA) is 79.5 Å². The summed E-state index contributed by atoms with van der Waals surface area (Å²) in [5.74, 6) is -0.816. The van der Waals surface area contributed by atoms with Gasteiger partial charge in [0.25, 0.3) is 5.91 Å². The first-order valence-electron chi connectivity index (χ1n) is 11.3. The summed E-state index contributed by atoms with van der Waals surface area (Å²) in [5.41, 5.74) is 3.47. The van der Waals surface area contributed by atoms with Crippen LogP contribution in [0.2, 0.25) is 0 Å². The summed E-state index contributed by atoms with van der Waals surface area (Å²) < 4.78 is 17.9. The minimum absolute atomic E-state index is 0.235. The lowest BCUT2D eigenvalue weighted by Crippen LogP contribution is -2.54. The molecule has 9 heteroatoms. The highest BCUT2D eigenvalue weighted by molar-refractivity contribution is 6.13. The molecule has 3 aromatic heterocycles. The number of pyridine rings is 1. The van der Waals surface area contributed by atoms with E-state index in [4.69, 9.17) is 0 Å². The number of carbonyl (C=O) groups is 1. The number of rotatable bonds is 4. The Morgan fingerprint density at radius 2 is 1.97 bits per heavy atom. The van der Waals surface area contributed by atoms with Crippen molar-refractivity contribution in [3.05, 3.63) is 53.9 Å². The van der Waals surface area contributed by atoms with Gasteiger partial charge < -0.3 is 19.9 Å². The number of nitrogens with zero attached hydrogens (tertiary/aromatic N) is 5. The highest BCUT2D eigenvalue weighted by atomic mass is 19.1. The predicted molar refractivity (Wildman–Crippen MR) is 128 cm³/mol. The van der Waals surface area contributed by atoms with Crippen molar-refractivity contribution in [1.29, 1.82) is 0 Å². The van der Waals surface area contributed by atoms with Crippen LogP contribution in [0, 0.1) is 12.7 Å². The Hall–Kier alpha value is -3.46. The van der Waals surface area contributed by atoms with Crippen LogP contribution in [0.5, 0.6) is 0 Å². The molecule has 1 saturated heterocycles. The Kier molecular flexibility index (Phi) is 5.28. The molecule has 4 heterocycles. The van der Waals surface area contributed by atoms with Gasteiger partial charge in [0.2, 0.25) is 0 Å². The van der Waals surface area contributed by atoms with E-state index in [2.05, 4.69) is 39.5 Å². The summed E-state index contributed by atoms with van der Waals surface area (Å²) in [6.07, 6.45) is 5.38. The SMILES string of the molecule is CCn1cc2c(N3CC(C)NC(C)C3)ccc(C(=O)Nc3cc(F)c4nc(C)cn4c3)c2n1. The lowest BCUT2D eigenvalue weighted by Gasteiger charge is -2.38. The second kappa shape index (κ2) is 8.15. The third-order valence-corrected chi connectivity index (χ3v) is 6.05. The molecule has 33 heavy (non-hydrogen) atoms. The van der Waals surface area contributed by atoms with Gasteiger partial charge in [-0.3, -0.25) is 9.48 Å². The molecule has 1 aromatic carbocycles. The molecule has 0 radical (unpaired) electrons. The molecule has 0 bridgehead atoms. The Morgan fingerprint density at radius 1 is 1.21 bits per heavy atom. The number of hydrogen-bond donors (Lipinski definition) is 2. The highest BCUT2D eigenvalue weighted by Crippen LogP contribution is 2.31. The van der Waals surface area contributed by atoms with Crippen LogP contribution in [-0.4, -0.2) is 50.2 Å². The fraction of sp³-hybridized carbons (Fsp3) is 0.375. The molecule has 2 N–H and O–H groups in total. The van der Waals surface area contributed by atoms with Crippen molar-refractivity contribution in [2.24, 2.45) is 0 Å². The first-order chi connectivity index (χ1) is 15.8. The van der Waals surface area contributed by atoms with Crippen molar-refractivity contribution < 1.29 is 9.18 Å². The van der Waals surface area contributed by atoms with Crippen molar-refractivity contribution in [1.82, 2.24) is 24.5 Å². The quantitative estimate of drug-likeness (QED) is 0.498. The van der Waals surface area contributed by atoms with Crippen molar-refractivity contribution in [3.63, 3.8) is 0 Å². The largest absolute Gasteiger partial charge is 0.368 e. The minimum Gasteiger partial charge on any atom is -0.368 e. The zero-order valence-corrected chi connectivity index (χ0v) is 19.3. The van der Waals surface area contributed by atoms with E-state index < -0.39 is 5.82 Å². The average molecular weight is 450 g/mol. The molecule has 4 aromatic rings. The van der Waals surface area contributed by atoms with Gasteiger partial charge >= 0.3 is 0 Å². The molecule has 1 fully saturated rings. The number of aromatic nitrogens is 4. The van der Waals surface area contributed by atoms with Gasteiger partial charge in [-0.1, -0.05) is 0 Å². The predicted octanol–water partition coefficient (Wildman–Crippen LogP) is 3.59. The molecule has 172 valence electrons. The van der Waals surface area contributed by atoms with Crippen LogP contribution in [0.15, 0.2) is 36.8 Å². The van der Waals surface area contributed by atoms with Crippen LogP contribution >= 0.6 is 0 Å². The third-order valence-electron chi connectivity index (χ3n) is 6.05. The van der Waals surface area contributed by atoms with Gasteiger partial charge in [0.1, 0.15) is 5.52 Å². The molecular formula is C24H28FN7O. The van der Waals surface area contributed by atoms with Crippen LogP contribution in [0.1, 0.15) is 36.8 Å². The number of carbonyl (C=O) groups excluding carboxylic acids is 1. The maximum Gasteiger partial charge on any atom is 0.257 e. The third kappa shape index (κ3) is 3.93. The van der Waals surface area contributed by atoms with Crippen molar-refractivity contribution in [3.8, 4) is 0 Å². The molecule has 5 rings (SSSR count). The number of hydrogen-bond acceptors (Lipinski definition) is 5. The van der Waals surface area contributed by atoms with Gasteiger partial charge in [-0.15, -0.1) is 0 Å². The van der Waals surface area contributed by atoms with E-state index in [0.717, 1.165) is 24.2 Å². The lowest BCUT2D eigenvalue weighted by molar-refractivity contribution is 0.102. The van der Waals surface area contributed by atoms with E-state index >= 15 is 0 Å². The van der Waals surface area contributed by atoms with E-state index in [1.807, 2.05) is 29.9 Å². The average Bonchev–Trinajstić information content (AvgIpc) is 3.35. The standard InChI is InChI=1S/C24H28FN7O/c1-5-32-13-19-21(30-9-14(2)26-15(3)10-30)7-6-18(22(19)29-32)24(33)28-17-8-20(25)23-27-16(4)11-31(23)12-17/h6-8,11-15,26H,5,9-10H2,1-4H3,(H,28,33). The van der Waals surface area contributed by atoms with Crippen molar-refractivity contribution in [2.75, 3.05) is 23.3 Å². The molecular weight excluding hydrogens is 421 g/mol. The summed E-state index contributed by atoms with van der Waals surface area (Å²) in [6.45, 7) is 10.6. The van der Waals surface area contributed by atoms with Gasteiger partial charge in [0.15, 0.2) is 11.5 Å². The first-order valence-corrected chi connectivity index (χ1v) is 11.3. The van der Waals surface area contributed by atoms with Gasteiger partial charge in [-0.05, 0) is 39.8 Å². The summed E-state index contributed by atoms with van der Waals surface area (Å²) in [4.78, 5) is 19.8. The number of fused-ring (bicyclic) bond motifs is 2.